The van der Waals surface area contributed by atoms with Gasteiger partial charge in [-0.05, 0) is 67.3 Å². The van der Waals surface area contributed by atoms with Crippen molar-refractivity contribution in [1.82, 2.24) is 5.32 Å². The first-order valence-corrected chi connectivity index (χ1v) is 11.8. The average Bonchev–Trinajstić information content (AvgIpc) is 2.75. The Hall–Kier alpha value is -2.83. The van der Waals surface area contributed by atoms with Crippen LogP contribution in [0.1, 0.15) is 46.4 Å². The van der Waals surface area contributed by atoms with E-state index >= 15 is 0 Å². The van der Waals surface area contributed by atoms with Gasteiger partial charge in [-0.25, -0.2) is 8.42 Å². The van der Waals surface area contributed by atoms with Crippen LogP contribution in [0.15, 0.2) is 71.6 Å². The molecular formula is C24H25ClN2O3S. The Morgan fingerprint density at radius 2 is 1.68 bits per heavy atom. The van der Waals surface area contributed by atoms with E-state index in [1.54, 1.807) is 12.1 Å². The maximum Gasteiger partial charge on any atom is 0.263 e. The van der Waals surface area contributed by atoms with Gasteiger partial charge >= 0.3 is 0 Å². The van der Waals surface area contributed by atoms with Gasteiger partial charge in [-0.3, -0.25) is 9.52 Å². The first-order valence-electron chi connectivity index (χ1n) is 9.96. The zero-order valence-corrected chi connectivity index (χ0v) is 19.2. The molecule has 0 saturated carbocycles. The fourth-order valence-electron chi connectivity index (χ4n) is 3.21. The molecule has 0 bridgehead atoms. The predicted molar refractivity (Wildman–Crippen MR) is 125 cm³/mol. The SMILES string of the molecule is CC[C@H](NC(=O)c1ccc(Cl)c(S(=O)(=O)Nc2ccc(C)c(C)c2)c1)c1ccccc1. The molecule has 0 aliphatic rings. The number of carbonyl (C=O) groups is 1. The zero-order valence-electron chi connectivity index (χ0n) is 17.6. The van der Waals surface area contributed by atoms with Crippen molar-refractivity contribution < 1.29 is 13.2 Å². The van der Waals surface area contributed by atoms with E-state index in [-0.39, 0.29) is 27.4 Å². The Morgan fingerprint density at radius 1 is 0.968 bits per heavy atom. The van der Waals surface area contributed by atoms with E-state index in [4.69, 9.17) is 11.6 Å². The monoisotopic (exact) mass is 456 g/mol. The molecular weight excluding hydrogens is 432 g/mol. The molecule has 0 heterocycles. The third-order valence-corrected chi connectivity index (χ3v) is 7.02. The fraction of sp³-hybridized carbons (Fsp3) is 0.208. The first kappa shape index (κ1) is 22.8. The lowest BCUT2D eigenvalue weighted by Crippen LogP contribution is -2.28. The summed E-state index contributed by atoms with van der Waals surface area (Å²) >= 11 is 6.19. The molecule has 7 heteroatoms. The van der Waals surface area contributed by atoms with Crippen molar-refractivity contribution in [3.63, 3.8) is 0 Å². The molecule has 0 aliphatic carbocycles. The van der Waals surface area contributed by atoms with Crippen LogP contribution in [-0.2, 0) is 10.0 Å². The summed E-state index contributed by atoms with van der Waals surface area (Å²) in [6, 6.07) is 19.0. The molecule has 3 aromatic carbocycles. The van der Waals surface area contributed by atoms with E-state index in [0.29, 0.717) is 12.1 Å². The Kier molecular flexibility index (Phi) is 7.03. The van der Waals surface area contributed by atoms with Crippen LogP contribution in [0.25, 0.3) is 0 Å². The van der Waals surface area contributed by atoms with Crippen LogP contribution in [0, 0.1) is 13.8 Å². The number of carbonyl (C=O) groups excluding carboxylic acids is 1. The fourth-order valence-corrected chi connectivity index (χ4v) is 4.79. The second-order valence-electron chi connectivity index (χ2n) is 7.39. The second-order valence-corrected chi connectivity index (χ2v) is 9.45. The maximum atomic E-state index is 13.0. The van der Waals surface area contributed by atoms with Crippen LogP contribution in [-0.4, -0.2) is 14.3 Å². The average molecular weight is 457 g/mol. The molecule has 0 aromatic heterocycles. The molecule has 3 aromatic rings. The molecule has 0 unspecified atom stereocenters. The van der Waals surface area contributed by atoms with Crippen LogP contribution in [0.4, 0.5) is 5.69 Å². The standard InChI is InChI=1S/C24H25ClN2O3S/c1-4-22(18-8-6-5-7-9-18)26-24(28)19-11-13-21(25)23(15-19)31(29,30)27-20-12-10-16(2)17(3)14-20/h5-15,22,27H,4H2,1-3H3,(H,26,28)/t22-/m0/s1. The van der Waals surface area contributed by atoms with Crippen LogP contribution < -0.4 is 10.0 Å². The van der Waals surface area contributed by atoms with Gasteiger partial charge in [-0.15, -0.1) is 0 Å². The zero-order chi connectivity index (χ0) is 22.6. The van der Waals surface area contributed by atoms with Crippen molar-refractivity contribution in [2.24, 2.45) is 0 Å². The van der Waals surface area contributed by atoms with E-state index in [1.807, 2.05) is 57.2 Å². The van der Waals surface area contributed by atoms with E-state index in [0.717, 1.165) is 16.7 Å². The van der Waals surface area contributed by atoms with Crippen molar-refractivity contribution in [3.8, 4) is 0 Å². The number of anilines is 1. The third kappa shape index (κ3) is 5.46. The smallest absolute Gasteiger partial charge is 0.263 e. The molecule has 0 aliphatic heterocycles. The highest BCUT2D eigenvalue weighted by Crippen LogP contribution is 2.26. The van der Waals surface area contributed by atoms with Gasteiger partial charge in [0.1, 0.15) is 4.90 Å². The summed E-state index contributed by atoms with van der Waals surface area (Å²) in [4.78, 5) is 12.7. The molecule has 31 heavy (non-hydrogen) atoms. The van der Waals surface area contributed by atoms with Gasteiger partial charge in [-0.1, -0.05) is 54.9 Å². The largest absolute Gasteiger partial charge is 0.345 e. The number of hydrogen-bond donors (Lipinski definition) is 2. The lowest BCUT2D eigenvalue weighted by molar-refractivity contribution is 0.0935. The first-order chi connectivity index (χ1) is 14.7. The van der Waals surface area contributed by atoms with Gasteiger partial charge < -0.3 is 5.32 Å². The quantitative estimate of drug-likeness (QED) is 0.483. The third-order valence-electron chi connectivity index (χ3n) is 5.16. The molecule has 162 valence electrons. The number of nitrogens with one attached hydrogen (secondary N) is 2. The van der Waals surface area contributed by atoms with Crippen molar-refractivity contribution in [2.45, 2.75) is 38.1 Å². The molecule has 0 radical (unpaired) electrons. The summed E-state index contributed by atoms with van der Waals surface area (Å²) < 4.78 is 28.5. The molecule has 2 N–H and O–H groups in total. The van der Waals surface area contributed by atoms with Gasteiger partial charge in [0.05, 0.1) is 11.1 Å². The molecule has 0 spiro atoms. The summed E-state index contributed by atoms with van der Waals surface area (Å²) in [5, 5.41) is 3.01. The minimum absolute atomic E-state index is 0.0444. The molecule has 0 saturated heterocycles. The summed E-state index contributed by atoms with van der Waals surface area (Å²) in [6.07, 6.45) is 0.697. The van der Waals surface area contributed by atoms with E-state index in [1.165, 1.54) is 18.2 Å². The lowest BCUT2D eigenvalue weighted by atomic mass is 10.0. The van der Waals surface area contributed by atoms with E-state index in [2.05, 4.69) is 10.0 Å². The topological polar surface area (TPSA) is 75.3 Å². The van der Waals surface area contributed by atoms with Crippen molar-refractivity contribution in [1.29, 1.82) is 0 Å². The summed E-state index contributed by atoms with van der Waals surface area (Å²) in [6.45, 7) is 5.83. The molecule has 1 atom stereocenters. The number of sulfonamides is 1. The van der Waals surface area contributed by atoms with Gasteiger partial charge in [0.15, 0.2) is 0 Å². The lowest BCUT2D eigenvalue weighted by Gasteiger charge is -2.18. The van der Waals surface area contributed by atoms with Crippen LogP contribution in [0.3, 0.4) is 0 Å². The normalized spacial score (nSPS) is 12.3. The van der Waals surface area contributed by atoms with Crippen LogP contribution in [0.2, 0.25) is 5.02 Å². The molecule has 0 fully saturated rings. The summed E-state index contributed by atoms with van der Waals surface area (Å²) in [5.74, 6) is -0.366. The number of hydrogen-bond acceptors (Lipinski definition) is 3. The van der Waals surface area contributed by atoms with Crippen molar-refractivity contribution >= 4 is 33.2 Å². The summed E-state index contributed by atoms with van der Waals surface area (Å²) in [7, 11) is -3.98. The van der Waals surface area contributed by atoms with Gasteiger partial charge in [0.2, 0.25) is 0 Å². The Morgan fingerprint density at radius 3 is 2.32 bits per heavy atom. The molecule has 1 amide bonds. The van der Waals surface area contributed by atoms with Gasteiger partial charge in [-0.2, -0.15) is 0 Å². The predicted octanol–water partition coefficient (Wildman–Crippen LogP) is 5.64. The maximum absolute atomic E-state index is 13.0. The van der Waals surface area contributed by atoms with Crippen molar-refractivity contribution in [2.75, 3.05) is 4.72 Å². The highest BCUT2D eigenvalue weighted by atomic mass is 35.5. The minimum atomic E-state index is -3.98. The number of halogens is 1. The number of benzene rings is 3. The molecule has 5 nitrogen and oxygen atoms in total. The number of amides is 1. The Bertz CT molecular complexity index is 1190. The minimum Gasteiger partial charge on any atom is -0.345 e. The van der Waals surface area contributed by atoms with Crippen molar-refractivity contribution in [3.05, 3.63) is 94.0 Å². The van der Waals surface area contributed by atoms with E-state index in [9.17, 15) is 13.2 Å². The van der Waals surface area contributed by atoms with Crippen LogP contribution >= 0.6 is 11.6 Å². The Balaban J connectivity index is 1.86. The Labute approximate surface area is 188 Å². The van der Waals surface area contributed by atoms with Gasteiger partial charge in [0, 0.05) is 11.3 Å². The second kappa shape index (κ2) is 9.54. The highest BCUT2D eigenvalue weighted by molar-refractivity contribution is 7.92. The highest BCUT2D eigenvalue weighted by Gasteiger charge is 2.22. The number of rotatable bonds is 7. The van der Waals surface area contributed by atoms with E-state index < -0.39 is 10.0 Å². The summed E-state index contributed by atoms with van der Waals surface area (Å²) in [5.41, 5.74) is 3.66. The van der Waals surface area contributed by atoms with Gasteiger partial charge in [0.25, 0.3) is 15.9 Å². The van der Waals surface area contributed by atoms with Crippen LogP contribution in [0.5, 0.6) is 0 Å². The molecule has 3 rings (SSSR count). The number of aryl methyl sites for hydroxylation is 2.